The fourth-order valence-corrected chi connectivity index (χ4v) is 5.47. The van der Waals surface area contributed by atoms with E-state index in [1.807, 2.05) is 12.1 Å². The summed E-state index contributed by atoms with van der Waals surface area (Å²) in [6.45, 7) is 1.63. The van der Waals surface area contributed by atoms with E-state index in [0.717, 1.165) is 46.9 Å². The molecule has 1 unspecified atom stereocenters. The van der Waals surface area contributed by atoms with Crippen LogP contribution < -0.4 is 14.2 Å². The van der Waals surface area contributed by atoms with Crippen molar-refractivity contribution in [2.75, 3.05) is 20.0 Å². The van der Waals surface area contributed by atoms with Crippen LogP contribution in [0.1, 0.15) is 52.9 Å². The molecular weight excluding hydrogens is 578 g/mol. The van der Waals surface area contributed by atoms with Gasteiger partial charge in [0.2, 0.25) is 10.0 Å². The number of carbonyl (C=O) groups is 1. The average molecular weight is 610 g/mol. The first kappa shape index (κ1) is 31.8. The van der Waals surface area contributed by atoms with Gasteiger partial charge in [-0.1, -0.05) is 0 Å². The molecule has 5 rings (SSSR count). The summed E-state index contributed by atoms with van der Waals surface area (Å²) < 4.78 is 37.6. The molecule has 1 N–H and O–H groups in total. The van der Waals surface area contributed by atoms with Gasteiger partial charge in [0.15, 0.2) is 6.29 Å². The smallest absolute Gasteiger partial charge is 0.211 e. The SMILES string of the molecule is CCS(=O)(=O)NC(c1cncc(-c2ccc(C#N)cc2OC)c1)C1CC1.COc1cc(C#N)ccc1-c1cncc(C=O)c1. The first-order valence-corrected chi connectivity index (χ1v) is 15.4. The van der Waals surface area contributed by atoms with Gasteiger partial charge in [0.25, 0.3) is 0 Å². The van der Waals surface area contributed by atoms with Crippen molar-refractivity contribution in [3.05, 3.63) is 95.6 Å². The van der Waals surface area contributed by atoms with Gasteiger partial charge in [0, 0.05) is 52.6 Å². The predicted molar refractivity (Wildman–Crippen MR) is 165 cm³/mol. The third kappa shape index (κ3) is 7.84. The lowest BCUT2D eigenvalue weighted by atomic mass is 9.99. The van der Waals surface area contributed by atoms with E-state index < -0.39 is 10.0 Å². The molecule has 2 heterocycles. The van der Waals surface area contributed by atoms with Crippen molar-refractivity contribution in [3.8, 4) is 45.9 Å². The Bertz CT molecular complexity index is 1840. The van der Waals surface area contributed by atoms with Gasteiger partial charge in [-0.05, 0) is 79.8 Å². The molecule has 224 valence electrons. The third-order valence-electron chi connectivity index (χ3n) is 7.08. The molecule has 1 aliphatic carbocycles. The molecule has 0 spiro atoms. The Morgan fingerprint density at radius 2 is 1.43 bits per heavy atom. The Kier molecular flexibility index (Phi) is 10.4. The van der Waals surface area contributed by atoms with Gasteiger partial charge in [-0.2, -0.15) is 10.5 Å². The second kappa shape index (κ2) is 14.4. The zero-order valence-corrected chi connectivity index (χ0v) is 25.3. The average Bonchev–Trinajstić information content (AvgIpc) is 3.92. The maximum Gasteiger partial charge on any atom is 0.211 e. The molecule has 11 heteroatoms. The third-order valence-corrected chi connectivity index (χ3v) is 8.45. The number of sulfonamides is 1. The Balaban J connectivity index is 0.000000215. The minimum Gasteiger partial charge on any atom is -0.496 e. The van der Waals surface area contributed by atoms with E-state index in [0.29, 0.717) is 34.1 Å². The zero-order chi connectivity index (χ0) is 31.7. The fraction of sp³-hybridized carbons (Fsp3) is 0.242. The van der Waals surface area contributed by atoms with Crippen LogP contribution in [0.25, 0.3) is 22.3 Å². The monoisotopic (exact) mass is 609 g/mol. The van der Waals surface area contributed by atoms with Crippen molar-refractivity contribution < 1.29 is 22.7 Å². The largest absolute Gasteiger partial charge is 0.496 e. The van der Waals surface area contributed by atoms with Crippen molar-refractivity contribution in [1.82, 2.24) is 14.7 Å². The minimum absolute atomic E-state index is 0.0484. The Labute approximate surface area is 257 Å². The highest BCUT2D eigenvalue weighted by Gasteiger charge is 2.35. The van der Waals surface area contributed by atoms with E-state index >= 15 is 0 Å². The number of rotatable bonds is 10. The lowest BCUT2D eigenvalue weighted by molar-refractivity contribution is 0.112. The molecule has 2 aromatic carbocycles. The molecule has 0 saturated heterocycles. The molecular formula is C33H31N5O5S. The fourth-order valence-electron chi connectivity index (χ4n) is 4.59. The molecule has 1 atom stereocenters. The van der Waals surface area contributed by atoms with Gasteiger partial charge in [-0.15, -0.1) is 0 Å². The summed E-state index contributed by atoms with van der Waals surface area (Å²) in [7, 11) is -0.216. The normalized spacial score (nSPS) is 12.9. The first-order chi connectivity index (χ1) is 21.2. The number of methoxy groups -OCH3 is 2. The number of pyridine rings is 2. The second-order valence-electron chi connectivity index (χ2n) is 10.0. The zero-order valence-electron chi connectivity index (χ0n) is 24.5. The molecule has 0 amide bonds. The maximum atomic E-state index is 12.1. The highest BCUT2D eigenvalue weighted by atomic mass is 32.2. The number of aromatic nitrogens is 2. The summed E-state index contributed by atoms with van der Waals surface area (Å²) in [4.78, 5) is 19.0. The molecule has 2 aromatic heterocycles. The van der Waals surface area contributed by atoms with E-state index in [1.54, 1.807) is 69.0 Å². The number of carbonyl (C=O) groups excluding carboxylic acids is 1. The standard InChI is InChI=1S/C19H21N3O3S.C14H10N2O2/c1-3-26(23,24)22-19(14-5-6-14)16-9-15(11-21-12-16)17-7-4-13(10-20)8-18(17)25-2;1-18-14-5-10(6-15)2-3-13(14)12-4-11(9-17)7-16-8-12/h4,7-9,11-12,14,19,22H,3,5-6H2,1-2H3;2-5,7-9H,1H3. The number of nitrogens with one attached hydrogen (secondary N) is 1. The van der Waals surface area contributed by atoms with Gasteiger partial charge in [0.05, 0.1) is 49.3 Å². The van der Waals surface area contributed by atoms with Crippen LogP contribution >= 0.6 is 0 Å². The summed E-state index contributed by atoms with van der Waals surface area (Å²) in [5, 5.41) is 17.9. The first-order valence-electron chi connectivity index (χ1n) is 13.8. The molecule has 1 saturated carbocycles. The molecule has 1 aliphatic rings. The lowest BCUT2D eigenvalue weighted by Crippen LogP contribution is -2.31. The van der Waals surface area contributed by atoms with Crippen LogP contribution in [0.5, 0.6) is 11.5 Å². The van der Waals surface area contributed by atoms with Crippen molar-refractivity contribution in [2.45, 2.75) is 25.8 Å². The van der Waals surface area contributed by atoms with Gasteiger partial charge < -0.3 is 9.47 Å². The highest BCUT2D eigenvalue weighted by Crippen LogP contribution is 2.42. The topological polar surface area (TPSA) is 155 Å². The molecule has 1 fully saturated rings. The van der Waals surface area contributed by atoms with E-state index in [4.69, 9.17) is 20.0 Å². The van der Waals surface area contributed by atoms with Crippen molar-refractivity contribution in [3.63, 3.8) is 0 Å². The summed E-state index contributed by atoms with van der Waals surface area (Å²) >= 11 is 0. The van der Waals surface area contributed by atoms with Gasteiger partial charge in [0.1, 0.15) is 11.5 Å². The minimum atomic E-state index is -3.31. The Morgan fingerprint density at radius 3 is 1.91 bits per heavy atom. The van der Waals surface area contributed by atoms with E-state index in [-0.39, 0.29) is 11.8 Å². The number of hydrogen-bond acceptors (Lipinski definition) is 9. The van der Waals surface area contributed by atoms with Crippen LogP contribution in [0.2, 0.25) is 0 Å². The van der Waals surface area contributed by atoms with Gasteiger partial charge in [-0.25, -0.2) is 13.1 Å². The van der Waals surface area contributed by atoms with Crippen molar-refractivity contribution in [2.24, 2.45) is 5.92 Å². The number of ether oxygens (including phenoxy) is 2. The molecule has 0 aliphatic heterocycles. The number of benzene rings is 2. The van der Waals surface area contributed by atoms with Gasteiger partial charge >= 0.3 is 0 Å². The molecule has 10 nitrogen and oxygen atoms in total. The second-order valence-corrected chi connectivity index (χ2v) is 12.1. The maximum absolute atomic E-state index is 12.1. The van der Waals surface area contributed by atoms with Crippen LogP contribution in [-0.4, -0.2) is 44.6 Å². The van der Waals surface area contributed by atoms with E-state index in [9.17, 15) is 13.2 Å². The quantitative estimate of drug-likeness (QED) is 0.231. The highest BCUT2D eigenvalue weighted by molar-refractivity contribution is 7.89. The van der Waals surface area contributed by atoms with Crippen LogP contribution in [0.4, 0.5) is 0 Å². The van der Waals surface area contributed by atoms with E-state index in [2.05, 4.69) is 26.8 Å². The molecule has 4 aromatic rings. The van der Waals surface area contributed by atoms with Crippen LogP contribution in [0.15, 0.2) is 73.3 Å². The van der Waals surface area contributed by atoms with Gasteiger partial charge in [-0.3, -0.25) is 14.8 Å². The Hall–Kier alpha value is -5.10. The molecule has 44 heavy (non-hydrogen) atoms. The number of nitriles is 2. The van der Waals surface area contributed by atoms with Crippen LogP contribution in [0.3, 0.4) is 0 Å². The summed E-state index contributed by atoms with van der Waals surface area (Å²) in [6.07, 6.45) is 9.31. The number of aldehydes is 1. The van der Waals surface area contributed by atoms with Crippen LogP contribution in [-0.2, 0) is 10.0 Å². The summed E-state index contributed by atoms with van der Waals surface area (Å²) in [6, 6.07) is 17.9. The summed E-state index contributed by atoms with van der Waals surface area (Å²) in [5.41, 5.74) is 5.59. The van der Waals surface area contributed by atoms with Crippen molar-refractivity contribution >= 4 is 16.3 Å². The molecule has 0 bridgehead atoms. The lowest BCUT2D eigenvalue weighted by Gasteiger charge is -2.19. The predicted octanol–water partition coefficient (Wildman–Crippen LogP) is 5.46. The number of nitrogens with zero attached hydrogens (tertiary/aromatic N) is 4. The summed E-state index contributed by atoms with van der Waals surface area (Å²) in [5.74, 6) is 1.52. The van der Waals surface area contributed by atoms with E-state index in [1.165, 1.54) is 13.3 Å². The molecule has 0 radical (unpaired) electrons. The van der Waals surface area contributed by atoms with Crippen LogP contribution in [0, 0.1) is 28.6 Å². The van der Waals surface area contributed by atoms with Crippen molar-refractivity contribution in [1.29, 1.82) is 10.5 Å². The Morgan fingerprint density at radius 1 is 0.886 bits per heavy atom. The number of hydrogen-bond donors (Lipinski definition) is 1.